The molecule has 0 radical (unpaired) electrons. The Morgan fingerprint density at radius 3 is 2.44 bits per heavy atom. The van der Waals surface area contributed by atoms with Gasteiger partial charge in [-0.25, -0.2) is 12.8 Å². The molecule has 7 nitrogen and oxygen atoms in total. The zero-order valence-electron chi connectivity index (χ0n) is 19.5. The van der Waals surface area contributed by atoms with Crippen molar-refractivity contribution in [1.82, 2.24) is 14.9 Å². The summed E-state index contributed by atoms with van der Waals surface area (Å²) in [6.07, 6.45) is 1.74. The van der Waals surface area contributed by atoms with Crippen LogP contribution in [0.5, 0.6) is 0 Å². The first-order chi connectivity index (χ1) is 16.2. The molecule has 2 aromatic rings. The highest BCUT2D eigenvalue weighted by molar-refractivity contribution is 7.89. The third-order valence-corrected chi connectivity index (χ3v) is 8.19. The van der Waals surface area contributed by atoms with E-state index in [-0.39, 0.29) is 35.7 Å². The summed E-state index contributed by atoms with van der Waals surface area (Å²) in [6.45, 7) is 4.51. The Hall–Kier alpha value is -2.78. The van der Waals surface area contributed by atoms with E-state index >= 15 is 0 Å². The third kappa shape index (κ3) is 6.42. The van der Waals surface area contributed by atoms with Crippen LogP contribution in [0.4, 0.5) is 4.39 Å². The van der Waals surface area contributed by atoms with Crippen LogP contribution < -0.4 is 10.6 Å². The van der Waals surface area contributed by atoms with Crippen LogP contribution in [0.2, 0.25) is 0 Å². The molecule has 0 aliphatic carbocycles. The number of amides is 2. The van der Waals surface area contributed by atoms with Crippen molar-refractivity contribution < 1.29 is 22.4 Å². The topological polar surface area (TPSA) is 95.6 Å². The minimum atomic E-state index is -3.84. The average molecular weight is 490 g/mol. The molecule has 1 aliphatic heterocycles. The largest absolute Gasteiger partial charge is 0.350 e. The summed E-state index contributed by atoms with van der Waals surface area (Å²) in [6, 6.07) is 13.5. The Labute approximate surface area is 200 Å². The highest BCUT2D eigenvalue weighted by atomic mass is 32.2. The minimum Gasteiger partial charge on any atom is -0.350 e. The SMILES string of the molecule is CC[C@H](C)[C@H](NC(=O)[C@H]1CCCN(S(=O)(=O)c2ccc(F)cc2)C1)C(=O)NCc1ccccc1. The summed E-state index contributed by atoms with van der Waals surface area (Å²) in [5.74, 6) is -1.78. The van der Waals surface area contributed by atoms with Crippen molar-refractivity contribution >= 4 is 21.8 Å². The van der Waals surface area contributed by atoms with Gasteiger partial charge in [0.2, 0.25) is 21.8 Å². The molecule has 3 atom stereocenters. The van der Waals surface area contributed by atoms with E-state index in [9.17, 15) is 22.4 Å². The molecule has 184 valence electrons. The van der Waals surface area contributed by atoms with Crippen molar-refractivity contribution in [3.63, 3.8) is 0 Å². The van der Waals surface area contributed by atoms with Crippen LogP contribution >= 0.6 is 0 Å². The van der Waals surface area contributed by atoms with Crippen LogP contribution in [0, 0.1) is 17.7 Å². The second kappa shape index (κ2) is 11.6. The van der Waals surface area contributed by atoms with Gasteiger partial charge in [0.25, 0.3) is 0 Å². The summed E-state index contributed by atoms with van der Waals surface area (Å²) in [5, 5.41) is 5.76. The fourth-order valence-electron chi connectivity index (χ4n) is 4.00. The number of carbonyl (C=O) groups is 2. The molecule has 1 aliphatic rings. The monoisotopic (exact) mass is 489 g/mol. The number of piperidine rings is 1. The smallest absolute Gasteiger partial charge is 0.243 e. The van der Waals surface area contributed by atoms with E-state index in [1.807, 2.05) is 44.2 Å². The Bertz CT molecular complexity index is 1080. The van der Waals surface area contributed by atoms with Crippen LogP contribution in [0.3, 0.4) is 0 Å². The van der Waals surface area contributed by atoms with Gasteiger partial charge in [0.05, 0.1) is 10.8 Å². The molecule has 1 saturated heterocycles. The van der Waals surface area contributed by atoms with Gasteiger partial charge in [0, 0.05) is 19.6 Å². The molecule has 2 amide bonds. The lowest BCUT2D eigenvalue weighted by atomic mass is 9.94. The van der Waals surface area contributed by atoms with E-state index in [2.05, 4.69) is 10.6 Å². The van der Waals surface area contributed by atoms with Gasteiger partial charge in [0.1, 0.15) is 11.9 Å². The lowest BCUT2D eigenvalue weighted by Crippen LogP contribution is -2.53. The van der Waals surface area contributed by atoms with Gasteiger partial charge in [-0.3, -0.25) is 9.59 Å². The second-order valence-corrected chi connectivity index (χ2v) is 10.7. The van der Waals surface area contributed by atoms with Crippen molar-refractivity contribution in [3.8, 4) is 0 Å². The molecule has 3 rings (SSSR count). The molecule has 0 spiro atoms. The summed E-state index contributed by atoms with van der Waals surface area (Å²) < 4.78 is 40.4. The van der Waals surface area contributed by atoms with E-state index in [4.69, 9.17) is 0 Å². The van der Waals surface area contributed by atoms with Gasteiger partial charge < -0.3 is 10.6 Å². The van der Waals surface area contributed by atoms with Crippen molar-refractivity contribution in [1.29, 1.82) is 0 Å². The van der Waals surface area contributed by atoms with Crippen LogP contribution in [0.15, 0.2) is 59.5 Å². The summed E-state index contributed by atoms with van der Waals surface area (Å²) in [7, 11) is -3.84. The normalized spacial score (nSPS) is 18.6. The van der Waals surface area contributed by atoms with Gasteiger partial charge in [-0.15, -0.1) is 0 Å². The summed E-state index contributed by atoms with van der Waals surface area (Å²) in [5.41, 5.74) is 0.957. The highest BCUT2D eigenvalue weighted by Gasteiger charge is 2.35. The molecule has 1 heterocycles. The van der Waals surface area contributed by atoms with E-state index in [0.717, 1.165) is 17.7 Å². The number of sulfonamides is 1. The third-order valence-electron chi connectivity index (χ3n) is 6.31. The first kappa shape index (κ1) is 25.8. The number of hydrogen-bond donors (Lipinski definition) is 2. The molecule has 1 fully saturated rings. The summed E-state index contributed by atoms with van der Waals surface area (Å²) >= 11 is 0. The number of nitrogens with zero attached hydrogens (tertiary/aromatic N) is 1. The Morgan fingerprint density at radius 2 is 1.79 bits per heavy atom. The van der Waals surface area contributed by atoms with Crippen LogP contribution in [0.1, 0.15) is 38.7 Å². The molecule has 0 saturated carbocycles. The van der Waals surface area contributed by atoms with Crippen molar-refractivity contribution in [3.05, 3.63) is 66.0 Å². The fourth-order valence-corrected chi connectivity index (χ4v) is 5.52. The van der Waals surface area contributed by atoms with Gasteiger partial charge in [-0.05, 0) is 48.6 Å². The predicted molar refractivity (Wildman–Crippen MR) is 128 cm³/mol. The van der Waals surface area contributed by atoms with E-state index < -0.39 is 27.8 Å². The van der Waals surface area contributed by atoms with E-state index in [1.54, 1.807) is 0 Å². The maximum atomic E-state index is 13.2. The molecular formula is C25H32FN3O4S. The van der Waals surface area contributed by atoms with Crippen molar-refractivity contribution in [2.75, 3.05) is 13.1 Å². The quantitative estimate of drug-likeness (QED) is 0.566. The highest BCUT2D eigenvalue weighted by Crippen LogP contribution is 2.24. The Kier molecular flexibility index (Phi) is 8.79. The molecule has 34 heavy (non-hydrogen) atoms. The zero-order chi connectivity index (χ0) is 24.7. The van der Waals surface area contributed by atoms with Crippen LogP contribution in [-0.4, -0.2) is 43.7 Å². The molecule has 0 aromatic heterocycles. The Balaban J connectivity index is 1.66. The average Bonchev–Trinajstić information content (AvgIpc) is 2.86. The number of hydrogen-bond acceptors (Lipinski definition) is 4. The maximum Gasteiger partial charge on any atom is 0.243 e. The minimum absolute atomic E-state index is 0.00673. The second-order valence-electron chi connectivity index (χ2n) is 8.73. The van der Waals surface area contributed by atoms with Gasteiger partial charge in [0.15, 0.2) is 0 Å². The van der Waals surface area contributed by atoms with Gasteiger partial charge in [-0.2, -0.15) is 4.31 Å². The lowest BCUT2D eigenvalue weighted by molar-refractivity contribution is -0.133. The number of nitrogens with one attached hydrogen (secondary N) is 2. The van der Waals surface area contributed by atoms with Gasteiger partial charge >= 0.3 is 0 Å². The van der Waals surface area contributed by atoms with Crippen LogP contribution in [-0.2, 0) is 26.2 Å². The first-order valence-corrected chi connectivity index (χ1v) is 13.0. The fraction of sp³-hybridized carbons (Fsp3) is 0.440. The molecule has 9 heteroatoms. The molecule has 0 bridgehead atoms. The molecule has 2 aromatic carbocycles. The standard InChI is InChI=1S/C25H32FN3O4S/c1-3-18(2)23(25(31)27-16-19-8-5-4-6-9-19)28-24(30)20-10-7-15-29(17-20)34(32,33)22-13-11-21(26)12-14-22/h4-6,8-9,11-14,18,20,23H,3,7,10,15-17H2,1-2H3,(H,27,31)(H,28,30)/t18-,20-,23-/m0/s1. The predicted octanol–water partition coefficient (Wildman–Crippen LogP) is 3.07. The number of halogens is 1. The van der Waals surface area contributed by atoms with Crippen molar-refractivity contribution in [2.24, 2.45) is 11.8 Å². The van der Waals surface area contributed by atoms with E-state index in [0.29, 0.717) is 25.8 Å². The number of rotatable bonds is 9. The lowest BCUT2D eigenvalue weighted by Gasteiger charge is -2.32. The van der Waals surface area contributed by atoms with Crippen molar-refractivity contribution in [2.45, 2.75) is 50.6 Å². The van der Waals surface area contributed by atoms with Crippen LogP contribution in [0.25, 0.3) is 0 Å². The van der Waals surface area contributed by atoms with Gasteiger partial charge in [-0.1, -0.05) is 50.6 Å². The molecule has 0 unspecified atom stereocenters. The number of benzene rings is 2. The first-order valence-electron chi connectivity index (χ1n) is 11.6. The maximum absolute atomic E-state index is 13.2. The number of carbonyl (C=O) groups excluding carboxylic acids is 2. The Morgan fingerprint density at radius 1 is 1.12 bits per heavy atom. The molecule has 2 N–H and O–H groups in total. The zero-order valence-corrected chi connectivity index (χ0v) is 20.4. The summed E-state index contributed by atoms with van der Waals surface area (Å²) in [4.78, 5) is 26.0. The molecular weight excluding hydrogens is 457 g/mol. The van der Waals surface area contributed by atoms with E-state index in [1.165, 1.54) is 16.4 Å².